The van der Waals surface area contributed by atoms with Crippen molar-refractivity contribution in [2.75, 3.05) is 26.2 Å². The Morgan fingerprint density at radius 3 is 2.38 bits per heavy atom. The third-order valence-electron chi connectivity index (χ3n) is 3.60. The Kier molecular flexibility index (Phi) is 6.61. The summed E-state index contributed by atoms with van der Waals surface area (Å²) >= 11 is 0. The van der Waals surface area contributed by atoms with Gasteiger partial charge in [0, 0.05) is 6.92 Å². The van der Waals surface area contributed by atoms with Gasteiger partial charge >= 0.3 is 11.9 Å². The number of nitrogens with zero attached hydrogens (tertiary/aromatic N) is 1. The number of amides is 1. The van der Waals surface area contributed by atoms with Crippen molar-refractivity contribution in [3.8, 4) is 0 Å². The fraction of sp³-hybridized carbons (Fsp3) is 0.786. The van der Waals surface area contributed by atoms with Crippen LogP contribution in [0, 0.1) is 0 Å². The normalized spacial score (nSPS) is 18.0. The number of carboxylic acid groups (broad SMARTS) is 1. The fourth-order valence-corrected chi connectivity index (χ4v) is 2.59. The Morgan fingerprint density at radius 1 is 1.29 bits per heavy atom. The molecule has 2 N–H and O–H groups in total. The number of carbonyl (C=O) groups is 3. The zero-order chi connectivity index (χ0) is 15.9. The van der Waals surface area contributed by atoms with E-state index in [-0.39, 0.29) is 13.0 Å². The lowest BCUT2D eigenvalue weighted by molar-refractivity contribution is -0.165. The first-order chi connectivity index (χ1) is 9.92. The van der Waals surface area contributed by atoms with E-state index in [2.05, 4.69) is 10.2 Å². The van der Waals surface area contributed by atoms with Crippen molar-refractivity contribution < 1.29 is 24.2 Å². The van der Waals surface area contributed by atoms with Crippen molar-refractivity contribution in [3.63, 3.8) is 0 Å². The summed E-state index contributed by atoms with van der Waals surface area (Å²) in [5.41, 5.74) is -1.98. The van der Waals surface area contributed by atoms with Gasteiger partial charge in [0.2, 0.25) is 11.4 Å². The number of esters is 1. The SMILES string of the molecule is CCOC(=O)C(CCCN1CCCC1)(NC(C)=O)C(=O)O. The van der Waals surface area contributed by atoms with E-state index >= 15 is 0 Å². The van der Waals surface area contributed by atoms with E-state index in [0.717, 1.165) is 25.9 Å². The first-order valence-corrected chi connectivity index (χ1v) is 7.34. The smallest absolute Gasteiger partial charge is 0.343 e. The molecule has 1 unspecified atom stereocenters. The largest absolute Gasteiger partial charge is 0.479 e. The molecule has 7 nitrogen and oxygen atoms in total. The lowest BCUT2D eigenvalue weighted by Gasteiger charge is -2.28. The molecule has 120 valence electrons. The van der Waals surface area contributed by atoms with Crippen LogP contribution in [0.25, 0.3) is 0 Å². The number of likely N-dealkylation sites (tertiary alicyclic amines) is 1. The van der Waals surface area contributed by atoms with Crippen LogP contribution in [0.2, 0.25) is 0 Å². The number of rotatable bonds is 8. The first-order valence-electron chi connectivity index (χ1n) is 7.34. The van der Waals surface area contributed by atoms with Gasteiger partial charge < -0.3 is 20.1 Å². The number of carboxylic acids is 1. The minimum atomic E-state index is -1.98. The molecule has 1 aliphatic heterocycles. The molecule has 0 radical (unpaired) electrons. The van der Waals surface area contributed by atoms with E-state index in [1.807, 2.05) is 0 Å². The van der Waals surface area contributed by atoms with E-state index in [9.17, 15) is 19.5 Å². The van der Waals surface area contributed by atoms with Crippen LogP contribution >= 0.6 is 0 Å². The van der Waals surface area contributed by atoms with Crippen LogP contribution in [-0.4, -0.2) is 59.6 Å². The van der Waals surface area contributed by atoms with Crippen molar-refractivity contribution in [2.24, 2.45) is 0 Å². The number of hydrogen-bond donors (Lipinski definition) is 2. The minimum absolute atomic E-state index is 0.0250. The van der Waals surface area contributed by atoms with Gasteiger partial charge in [-0.1, -0.05) is 0 Å². The van der Waals surface area contributed by atoms with Gasteiger partial charge in [-0.05, 0) is 52.2 Å². The monoisotopic (exact) mass is 300 g/mol. The number of aliphatic carboxylic acids is 1. The summed E-state index contributed by atoms with van der Waals surface area (Å²) in [6.07, 6.45) is 2.82. The van der Waals surface area contributed by atoms with Crippen LogP contribution in [0.1, 0.15) is 39.5 Å². The van der Waals surface area contributed by atoms with Crippen LogP contribution in [-0.2, 0) is 19.1 Å². The molecule has 1 fully saturated rings. The maximum atomic E-state index is 12.0. The number of hydrogen-bond acceptors (Lipinski definition) is 5. The van der Waals surface area contributed by atoms with E-state index in [4.69, 9.17) is 4.74 Å². The number of nitrogens with one attached hydrogen (secondary N) is 1. The summed E-state index contributed by atoms with van der Waals surface area (Å²) in [6.45, 7) is 5.58. The molecule has 21 heavy (non-hydrogen) atoms. The summed E-state index contributed by atoms with van der Waals surface area (Å²) in [7, 11) is 0. The molecule has 0 aliphatic carbocycles. The predicted molar refractivity (Wildman–Crippen MR) is 75.7 cm³/mol. The minimum Gasteiger partial charge on any atom is -0.479 e. The van der Waals surface area contributed by atoms with Crippen LogP contribution in [0.5, 0.6) is 0 Å². The van der Waals surface area contributed by atoms with Crippen LogP contribution in [0.4, 0.5) is 0 Å². The highest BCUT2D eigenvalue weighted by molar-refractivity contribution is 6.06. The maximum Gasteiger partial charge on any atom is 0.343 e. The van der Waals surface area contributed by atoms with Gasteiger partial charge in [0.15, 0.2) is 0 Å². The fourth-order valence-electron chi connectivity index (χ4n) is 2.59. The van der Waals surface area contributed by atoms with Crippen LogP contribution < -0.4 is 5.32 Å². The molecule has 0 saturated carbocycles. The quantitative estimate of drug-likeness (QED) is 0.497. The summed E-state index contributed by atoms with van der Waals surface area (Å²) in [6, 6.07) is 0. The molecular formula is C14H24N2O5. The predicted octanol–water partition coefficient (Wildman–Crippen LogP) is 0.385. The van der Waals surface area contributed by atoms with E-state index in [0.29, 0.717) is 13.0 Å². The van der Waals surface area contributed by atoms with Crippen molar-refractivity contribution in [1.29, 1.82) is 0 Å². The van der Waals surface area contributed by atoms with E-state index < -0.39 is 23.4 Å². The molecule has 1 saturated heterocycles. The summed E-state index contributed by atoms with van der Waals surface area (Å²) in [4.78, 5) is 37.1. The molecule has 1 heterocycles. The maximum absolute atomic E-state index is 12.0. The highest BCUT2D eigenvalue weighted by Gasteiger charge is 2.48. The molecule has 0 bridgehead atoms. The topological polar surface area (TPSA) is 95.9 Å². The average molecular weight is 300 g/mol. The molecule has 0 aromatic heterocycles. The van der Waals surface area contributed by atoms with E-state index in [1.165, 1.54) is 6.92 Å². The van der Waals surface area contributed by atoms with Crippen molar-refractivity contribution in [3.05, 3.63) is 0 Å². The third kappa shape index (κ3) is 4.70. The first kappa shape index (κ1) is 17.4. The summed E-state index contributed by atoms with van der Waals surface area (Å²) < 4.78 is 4.84. The van der Waals surface area contributed by atoms with Crippen molar-refractivity contribution in [1.82, 2.24) is 10.2 Å². The molecule has 1 rings (SSSR count). The van der Waals surface area contributed by atoms with Gasteiger partial charge in [-0.25, -0.2) is 9.59 Å². The lowest BCUT2D eigenvalue weighted by atomic mass is 9.93. The summed E-state index contributed by atoms with van der Waals surface area (Å²) in [5, 5.41) is 11.7. The van der Waals surface area contributed by atoms with Gasteiger partial charge in [-0.2, -0.15) is 0 Å². The molecule has 0 spiro atoms. The zero-order valence-electron chi connectivity index (χ0n) is 12.7. The Hall–Kier alpha value is -1.63. The van der Waals surface area contributed by atoms with Crippen molar-refractivity contribution in [2.45, 2.75) is 45.1 Å². The Labute approximate surface area is 124 Å². The number of ether oxygens (including phenoxy) is 1. The average Bonchev–Trinajstić information content (AvgIpc) is 2.90. The molecule has 1 aliphatic rings. The Balaban J connectivity index is 2.74. The van der Waals surface area contributed by atoms with Crippen molar-refractivity contribution >= 4 is 17.8 Å². The Bertz CT molecular complexity index is 393. The highest BCUT2D eigenvalue weighted by atomic mass is 16.5. The zero-order valence-corrected chi connectivity index (χ0v) is 12.7. The van der Waals surface area contributed by atoms with E-state index in [1.54, 1.807) is 6.92 Å². The van der Waals surface area contributed by atoms with Gasteiger partial charge in [-0.15, -0.1) is 0 Å². The van der Waals surface area contributed by atoms with Gasteiger partial charge in [0.05, 0.1) is 6.61 Å². The molecule has 7 heteroatoms. The Morgan fingerprint density at radius 2 is 1.90 bits per heavy atom. The second kappa shape index (κ2) is 7.97. The molecule has 1 amide bonds. The van der Waals surface area contributed by atoms with Gasteiger partial charge in [-0.3, -0.25) is 4.79 Å². The lowest BCUT2D eigenvalue weighted by Crippen LogP contribution is -2.60. The third-order valence-corrected chi connectivity index (χ3v) is 3.60. The second-order valence-electron chi connectivity index (χ2n) is 5.26. The van der Waals surface area contributed by atoms with Gasteiger partial charge in [0.1, 0.15) is 0 Å². The molecule has 1 atom stereocenters. The molecular weight excluding hydrogens is 276 g/mol. The summed E-state index contributed by atoms with van der Waals surface area (Å²) in [5.74, 6) is -2.85. The van der Waals surface area contributed by atoms with Crippen LogP contribution in [0.15, 0.2) is 0 Å². The second-order valence-corrected chi connectivity index (χ2v) is 5.26. The van der Waals surface area contributed by atoms with Crippen LogP contribution in [0.3, 0.4) is 0 Å². The standard InChI is InChI=1S/C14H24N2O5/c1-3-21-13(20)14(12(18)19,15-11(2)17)7-6-10-16-8-4-5-9-16/h3-10H2,1-2H3,(H,15,17)(H,18,19). The molecule has 0 aromatic rings. The highest BCUT2D eigenvalue weighted by Crippen LogP contribution is 2.18. The number of carbonyl (C=O) groups excluding carboxylic acids is 2. The molecule has 0 aromatic carbocycles. The van der Waals surface area contributed by atoms with Gasteiger partial charge in [0.25, 0.3) is 0 Å².